The van der Waals surface area contributed by atoms with Crippen LogP contribution in [0.2, 0.25) is 0 Å². The van der Waals surface area contributed by atoms with Crippen molar-refractivity contribution in [2.24, 2.45) is 50.2 Å². The molecule has 0 aromatic carbocycles. The van der Waals surface area contributed by atoms with Gasteiger partial charge in [-0.2, -0.15) is 0 Å². The summed E-state index contributed by atoms with van der Waals surface area (Å²) < 4.78 is 50.6. The third kappa shape index (κ3) is 10.3. The number of unbranched alkanes of at least 4 members (excludes halogenated alkanes) is 1. The van der Waals surface area contributed by atoms with Gasteiger partial charge in [0, 0.05) is 0 Å². The third-order valence-electron chi connectivity index (χ3n) is 19.5. The van der Waals surface area contributed by atoms with Gasteiger partial charge in [-0.3, -0.25) is 4.79 Å². The first-order valence-corrected chi connectivity index (χ1v) is 26.4. The Morgan fingerprint density at radius 1 is 0.795 bits per heavy atom. The van der Waals surface area contributed by atoms with E-state index in [0.717, 1.165) is 52.7 Å². The first kappa shape index (κ1) is 57.8. The fraction of sp³-hybridized carbons (Fsp3) is 0.887. The van der Waals surface area contributed by atoms with E-state index in [1.165, 1.54) is 5.57 Å². The normalized spacial score (nSPS) is 43.5. The number of allylic oxidation sites excluding steroid dienone is 2. The molecular weight excluding hydrogens is 957 g/mol. The molecule has 2 heterocycles. The van der Waals surface area contributed by atoms with E-state index < -0.39 is 128 Å². The summed E-state index contributed by atoms with van der Waals surface area (Å²) in [4.78, 5) is 52.9. The lowest BCUT2D eigenvalue weighted by molar-refractivity contribution is -0.346. The number of carbonyl (C=O) groups is 4. The van der Waals surface area contributed by atoms with Crippen LogP contribution in [0.5, 0.6) is 0 Å². The predicted octanol–water partition coefficient (Wildman–Crippen LogP) is 2.74. The number of aliphatic hydroxyl groups excluding tert-OH is 7. The summed E-state index contributed by atoms with van der Waals surface area (Å²) in [6.07, 6.45) is -10.6. The number of hydrogen-bond acceptors (Lipinski definition) is 20. The van der Waals surface area contributed by atoms with Gasteiger partial charge in [-0.25, -0.2) is 14.4 Å². The van der Waals surface area contributed by atoms with Crippen molar-refractivity contribution in [2.45, 2.75) is 212 Å². The maximum Gasteiger partial charge on any atom is 0.340 e. The van der Waals surface area contributed by atoms with Gasteiger partial charge in [-0.05, 0) is 115 Å². The molecule has 0 bridgehead atoms. The summed E-state index contributed by atoms with van der Waals surface area (Å²) in [6, 6.07) is 0. The lowest BCUT2D eigenvalue weighted by Crippen LogP contribution is -2.66. The maximum atomic E-state index is 14.7. The van der Waals surface area contributed by atoms with Gasteiger partial charge in [0.05, 0.1) is 39.0 Å². The number of esters is 4. The summed E-state index contributed by atoms with van der Waals surface area (Å²) in [6.45, 7) is 16.4. The lowest BCUT2D eigenvalue weighted by Gasteiger charge is -2.71. The summed E-state index contributed by atoms with van der Waals surface area (Å²) >= 11 is 0. The summed E-state index contributed by atoms with van der Waals surface area (Å²) in [5.74, 6) is -3.39. The Morgan fingerprint density at radius 2 is 1.49 bits per heavy atom. The lowest BCUT2D eigenvalue weighted by atomic mass is 9.33. The Bertz CT molecular complexity index is 2030. The van der Waals surface area contributed by atoms with Gasteiger partial charge < -0.3 is 78.4 Å². The molecule has 0 radical (unpaired) electrons. The van der Waals surface area contributed by atoms with Crippen molar-refractivity contribution < 1.29 is 97.6 Å². The van der Waals surface area contributed by atoms with Crippen LogP contribution >= 0.6 is 0 Å². The Kier molecular flexibility index (Phi) is 17.3. The quantitative estimate of drug-likeness (QED) is 0.0292. The number of rotatable bonds is 16. The Balaban J connectivity index is 1.14. The van der Waals surface area contributed by atoms with Crippen LogP contribution in [0.25, 0.3) is 0 Å². The van der Waals surface area contributed by atoms with Gasteiger partial charge in [0.25, 0.3) is 0 Å². The van der Waals surface area contributed by atoms with Gasteiger partial charge in [-0.15, -0.1) is 0 Å². The minimum Gasteiger partial charge on any atom is -0.467 e. The number of hydrogen-bond donors (Lipinski definition) is 7. The topological polar surface area (TPSA) is 293 Å². The van der Waals surface area contributed by atoms with Gasteiger partial charge in [0.2, 0.25) is 12.4 Å². The predicted molar refractivity (Wildman–Crippen MR) is 255 cm³/mol. The van der Waals surface area contributed by atoms with E-state index >= 15 is 0 Å². The van der Waals surface area contributed by atoms with Gasteiger partial charge in [0.1, 0.15) is 49.3 Å². The number of fused-ring (bicyclic) bond motifs is 7. The fourth-order valence-electron chi connectivity index (χ4n) is 14.9. The molecule has 4 saturated carbocycles. The molecule has 0 spiro atoms. The molecule has 0 aromatic heterocycles. The Hall–Kier alpha value is -2.86. The standard InChI is InChI=1S/C53H84O20/c1-11-12-23-67-43(63)41-37(59)40(71-44(39(61)42(62)66-10)68-26-33(55)65-9)38(60)46(72-41)70-32-16-17-50(6)30(49(32,4)5)15-18-52(8)31(50)14-13-27-28-24-48(2,3)19-21-53(28,22-20-51(27,52)7)47(64)73-45-36(58)35(57)34(56)29(25-54)69-45/h13,28-32,34-41,44-46,54,56-61H,11-12,14-26H2,1-10H3. The van der Waals surface area contributed by atoms with E-state index in [1.54, 1.807) is 0 Å². The molecular formula is C53H84O20. The molecule has 5 aliphatic carbocycles. The molecule has 20 heteroatoms. The summed E-state index contributed by atoms with van der Waals surface area (Å²) in [5.41, 5.74) is -1.01. The van der Waals surface area contributed by atoms with Gasteiger partial charge in [0.15, 0.2) is 18.7 Å². The van der Waals surface area contributed by atoms with Crippen molar-refractivity contribution in [3.8, 4) is 0 Å². The highest BCUT2D eigenvalue weighted by atomic mass is 16.7. The van der Waals surface area contributed by atoms with Crippen molar-refractivity contribution in [2.75, 3.05) is 34.0 Å². The number of aliphatic hydroxyl groups is 7. The molecule has 7 rings (SSSR count). The van der Waals surface area contributed by atoms with Crippen LogP contribution < -0.4 is 0 Å². The smallest absolute Gasteiger partial charge is 0.340 e. The number of carbonyl (C=O) groups excluding carboxylic acids is 4. The molecule has 416 valence electrons. The second kappa shape index (κ2) is 21.9. The molecule has 6 fully saturated rings. The van der Waals surface area contributed by atoms with Crippen molar-refractivity contribution in [3.05, 3.63) is 11.6 Å². The minimum atomic E-state index is -2.15. The molecule has 0 aromatic rings. The fourth-order valence-corrected chi connectivity index (χ4v) is 14.9. The molecule has 73 heavy (non-hydrogen) atoms. The highest BCUT2D eigenvalue weighted by molar-refractivity contribution is 5.79. The van der Waals surface area contributed by atoms with Crippen molar-refractivity contribution >= 4 is 23.9 Å². The van der Waals surface area contributed by atoms with E-state index in [-0.39, 0.29) is 46.0 Å². The van der Waals surface area contributed by atoms with Crippen molar-refractivity contribution in [1.82, 2.24) is 0 Å². The van der Waals surface area contributed by atoms with E-state index in [2.05, 4.69) is 64.0 Å². The first-order valence-electron chi connectivity index (χ1n) is 26.4. The Morgan fingerprint density at radius 3 is 2.15 bits per heavy atom. The average Bonchev–Trinajstić information content (AvgIpc) is 3.34. The molecule has 2 saturated heterocycles. The van der Waals surface area contributed by atoms with E-state index in [1.807, 2.05) is 6.92 Å². The van der Waals surface area contributed by atoms with Crippen LogP contribution in [-0.4, -0.2) is 174 Å². The highest BCUT2D eigenvalue weighted by Gasteiger charge is 2.70. The number of methoxy groups -OCH3 is 2. The molecule has 20 nitrogen and oxygen atoms in total. The van der Waals surface area contributed by atoms with Crippen LogP contribution in [0.1, 0.15) is 132 Å². The average molecular weight is 1040 g/mol. The maximum absolute atomic E-state index is 14.7. The highest BCUT2D eigenvalue weighted by Crippen LogP contribution is 2.76. The molecule has 20 atom stereocenters. The van der Waals surface area contributed by atoms with E-state index in [4.69, 9.17) is 33.2 Å². The van der Waals surface area contributed by atoms with Crippen molar-refractivity contribution in [1.29, 1.82) is 0 Å². The number of ether oxygens (including phenoxy) is 9. The third-order valence-corrected chi connectivity index (χ3v) is 19.5. The van der Waals surface area contributed by atoms with E-state index in [9.17, 15) is 54.9 Å². The van der Waals surface area contributed by atoms with Crippen LogP contribution in [0, 0.1) is 50.2 Å². The molecule has 7 N–H and O–H groups in total. The summed E-state index contributed by atoms with van der Waals surface area (Å²) in [5, 5.41) is 76.1. The SMILES string of the molecule is CCCCOC(=O)C1OC(OC2CCC3(C)C(CCC4(C)C3CC=C3C5CC(C)(C)CCC5(C(=O)OC5OC(CO)C(O)C(O)C5O)CCC34C)C2(C)C)C(O)C(OC(OCC(=O)OC)C(O)C(=O)OC)C1O. The minimum absolute atomic E-state index is 0.0246. The monoisotopic (exact) mass is 1040 g/mol. The molecule has 7 aliphatic rings. The largest absolute Gasteiger partial charge is 0.467 e. The zero-order valence-electron chi connectivity index (χ0n) is 44.4. The first-order chi connectivity index (χ1) is 34.2. The van der Waals surface area contributed by atoms with Crippen LogP contribution in [0.15, 0.2) is 11.6 Å². The second-order valence-electron chi connectivity index (χ2n) is 24.2. The summed E-state index contributed by atoms with van der Waals surface area (Å²) in [7, 11) is 2.11. The van der Waals surface area contributed by atoms with Gasteiger partial charge in [-0.1, -0.05) is 73.5 Å². The van der Waals surface area contributed by atoms with Crippen molar-refractivity contribution in [3.63, 3.8) is 0 Å². The van der Waals surface area contributed by atoms with Crippen LogP contribution in [0.4, 0.5) is 0 Å². The Labute approximate surface area is 428 Å². The molecule has 20 unspecified atom stereocenters. The molecule has 0 amide bonds. The van der Waals surface area contributed by atoms with Crippen LogP contribution in [-0.2, 0) is 61.8 Å². The van der Waals surface area contributed by atoms with E-state index in [0.29, 0.717) is 38.5 Å². The second-order valence-corrected chi connectivity index (χ2v) is 24.2. The molecule has 2 aliphatic heterocycles. The van der Waals surface area contributed by atoms with Gasteiger partial charge >= 0.3 is 23.9 Å². The zero-order chi connectivity index (χ0) is 53.8. The van der Waals surface area contributed by atoms with Crippen LogP contribution in [0.3, 0.4) is 0 Å². The zero-order valence-corrected chi connectivity index (χ0v) is 44.4.